The van der Waals surface area contributed by atoms with Crippen molar-refractivity contribution in [2.45, 2.75) is 45.3 Å². The minimum Gasteiger partial charge on any atom is -0.389 e. The maximum atomic E-state index is 10.2. The quantitative estimate of drug-likeness (QED) is 0.751. The lowest BCUT2D eigenvalue weighted by Gasteiger charge is -2.30. The van der Waals surface area contributed by atoms with Gasteiger partial charge in [-0.05, 0) is 32.9 Å². The molecule has 0 aromatic carbocycles. The minimum atomic E-state index is -0.524. The van der Waals surface area contributed by atoms with Crippen LogP contribution < -0.4 is 0 Å². The van der Waals surface area contributed by atoms with Crippen LogP contribution in [0.1, 0.15) is 33.1 Å². The molecule has 0 unspecified atom stereocenters. The fraction of sp³-hybridized carbons (Fsp3) is 0.769. The molecule has 0 radical (unpaired) electrons. The molecule has 1 rings (SSSR count). The van der Waals surface area contributed by atoms with Crippen molar-refractivity contribution in [3.05, 3.63) is 18.7 Å². The van der Waals surface area contributed by atoms with Gasteiger partial charge in [-0.3, -0.25) is 0 Å². The van der Waals surface area contributed by atoms with Gasteiger partial charge >= 0.3 is 0 Å². The third kappa shape index (κ3) is 4.88. The van der Waals surface area contributed by atoms with Crippen LogP contribution in [-0.2, 0) is 6.54 Å². The van der Waals surface area contributed by atoms with Crippen molar-refractivity contribution in [3.8, 4) is 0 Å². The Morgan fingerprint density at radius 2 is 2.06 bits per heavy atom. The molecule has 1 heterocycles. The fourth-order valence-corrected chi connectivity index (χ4v) is 2.00. The zero-order valence-electron chi connectivity index (χ0n) is 11.3. The van der Waals surface area contributed by atoms with Crippen LogP contribution in [0.2, 0.25) is 0 Å². The molecule has 0 aliphatic carbocycles. The van der Waals surface area contributed by atoms with Crippen molar-refractivity contribution in [1.29, 1.82) is 0 Å². The second-order valence-corrected chi connectivity index (χ2v) is 4.82. The SMILES string of the molecule is CCC(O)(CC)CN(C)CCCn1ccnc1. The van der Waals surface area contributed by atoms with E-state index in [9.17, 15) is 5.11 Å². The van der Waals surface area contributed by atoms with Crippen LogP contribution in [0.3, 0.4) is 0 Å². The number of likely N-dealkylation sites (N-methyl/N-ethyl adjacent to an activating group) is 1. The molecule has 0 amide bonds. The first-order valence-corrected chi connectivity index (χ1v) is 6.46. The number of imidazole rings is 1. The van der Waals surface area contributed by atoms with Gasteiger partial charge in [0.1, 0.15) is 0 Å². The highest BCUT2D eigenvalue weighted by Gasteiger charge is 2.23. The lowest BCUT2D eigenvalue weighted by atomic mass is 9.97. The highest BCUT2D eigenvalue weighted by molar-refractivity contribution is 4.79. The smallest absolute Gasteiger partial charge is 0.0945 e. The summed E-state index contributed by atoms with van der Waals surface area (Å²) >= 11 is 0. The molecule has 0 aliphatic heterocycles. The Morgan fingerprint density at radius 1 is 1.35 bits per heavy atom. The summed E-state index contributed by atoms with van der Waals surface area (Å²) in [6.45, 7) is 6.83. The molecule has 17 heavy (non-hydrogen) atoms. The highest BCUT2D eigenvalue weighted by atomic mass is 16.3. The normalized spacial score (nSPS) is 12.3. The van der Waals surface area contributed by atoms with Gasteiger partial charge in [-0.15, -0.1) is 0 Å². The maximum Gasteiger partial charge on any atom is 0.0945 e. The summed E-state index contributed by atoms with van der Waals surface area (Å²) in [5.41, 5.74) is -0.524. The summed E-state index contributed by atoms with van der Waals surface area (Å²) in [5, 5.41) is 10.2. The van der Waals surface area contributed by atoms with E-state index in [0.717, 1.165) is 38.9 Å². The average molecular weight is 239 g/mol. The largest absolute Gasteiger partial charge is 0.389 e. The second kappa shape index (κ2) is 6.77. The molecule has 4 heteroatoms. The summed E-state index contributed by atoms with van der Waals surface area (Å²) in [6, 6.07) is 0. The van der Waals surface area contributed by atoms with Gasteiger partial charge in [0.15, 0.2) is 0 Å². The van der Waals surface area contributed by atoms with Crippen LogP contribution in [0.25, 0.3) is 0 Å². The molecule has 4 nitrogen and oxygen atoms in total. The first kappa shape index (κ1) is 14.2. The van der Waals surface area contributed by atoms with E-state index in [2.05, 4.69) is 21.5 Å². The Balaban J connectivity index is 2.23. The topological polar surface area (TPSA) is 41.3 Å². The molecule has 0 aliphatic rings. The zero-order chi connectivity index (χ0) is 12.7. The standard InChI is InChI=1S/C13H25N3O/c1-4-13(17,5-2)11-15(3)8-6-9-16-10-7-14-12-16/h7,10,12,17H,4-6,8-9,11H2,1-3H3. The lowest BCUT2D eigenvalue weighted by molar-refractivity contribution is 0.00271. The Bertz CT molecular complexity index is 294. The van der Waals surface area contributed by atoms with E-state index in [-0.39, 0.29) is 0 Å². The molecular formula is C13H25N3O. The van der Waals surface area contributed by atoms with Crippen LogP contribution in [0.4, 0.5) is 0 Å². The molecule has 0 fully saturated rings. The van der Waals surface area contributed by atoms with E-state index >= 15 is 0 Å². The monoisotopic (exact) mass is 239 g/mol. The minimum absolute atomic E-state index is 0.524. The summed E-state index contributed by atoms with van der Waals surface area (Å²) in [5.74, 6) is 0. The summed E-state index contributed by atoms with van der Waals surface area (Å²) in [6.07, 6.45) is 8.33. The van der Waals surface area contributed by atoms with E-state index < -0.39 is 5.60 Å². The third-order valence-electron chi connectivity index (χ3n) is 3.40. The first-order chi connectivity index (χ1) is 8.09. The highest BCUT2D eigenvalue weighted by Crippen LogP contribution is 2.15. The predicted molar refractivity (Wildman–Crippen MR) is 69.9 cm³/mol. The van der Waals surface area contributed by atoms with Crippen LogP contribution in [0.15, 0.2) is 18.7 Å². The number of aryl methyl sites for hydroxylation is 1. The zero-order valence-corrected chi connectivity index (χ0v) is 11.3. The molecule has 1 aromatic heterocycles. The second-order valence-electron chi connectivity index (χ2n) is 4.82. The fourth-order valence-electron chi connectivity index (χ4n) is 2.00. The number of hydrogen-bond acceptors (Lipinski definition) is 3. The Kier molecular flexibility index (Phi) is 5.65. The van der Waals surface area contributed by atoms with Crippen LogP contribution >= 0.6 is 0 Å². The summed E-state index contributed by atoms with van der Waals surface area (Å²) in [7, 11) is 2.07. The van der Waals surface area contributed by atoms with Crippen molar-refractivity contribution in [2.75, 3.05) is 20.1 Å². The number of rotatable bonds is 8. The Hall–Kier alpha value is -0.870. The molecular weight excluding hydrogens is 214 g/mol. The van der Waals surface area contributed by atoms with Gasteiger partial charge in [0.2, 0.25) is 0 Å². The number of aliphatic hydroxyl groups is 1. The third-order valence-corrected chi connectivity index (χ3v) is 3.40. The molecule has 98 valence electrons. The lowest BCUT2D eigenvalue weighted by Crippen LogP contribution is -2.41. The van der Waals surface area contributed by atoms with Gasteiger partial charge in [0.05, 0.1) is 11.9 Å². The van der Waals surface area contributed by atoms with E-state index in [4.69, 9.17) is 0 Å². The van der Waals surface area contributed by atoms with Crippen molar-refractivity contribution in [3.63, 3.8) is 0 Å². The van der Waals surface area contributed by atoms with Crippen LogP contribution in [-0.4, -0.2) is 45.3 Å². The Labute approximate surface area is 104 Å². The van der Waals surface area contributed by atoms with Crippen molar-refractivity contribution >= 4 is 0 Å². The number of nitrogens with zero attached hydrogens (tertiary/aromatic N) is 3. The van der Waals surface area contributed by atoms with Crippen LogP contribution in [0, 0.1) is 0 Å². The molecule has 1 aromatic rings. The van der Waals surface area contributed by atoms with Gasteiger partial charge in [0, 0.05) is 25.5 Å². The van der Waals surface area contributed by atoms with Gasteiger partial charge in [-0.25, -0.2) is 4.98 Å². The first-order valence-electron chi connectivity index (χ1n) is 6.46. The van der Waals surface area contributed by atoms with Gasteiger partial charge in [-0.1, -0.05) is 13.8 Å². The van der Waals surface area contributed by atoms with Crippen molar-refractivity contribution < 1.29 is 5.11 Å². The van der Waals surface area contributed by atoms with Gasteiger partial charge in [0.25, 0.3) is 0 Å². The van der Waals surface area contributed by atoms with E-state index in [1.165, 1.54) is 0 Å². The molecule has 0 bridgehead atoms. The summed E-state index contributed by atoms with van der Waals surface area (Å²) < 4.78 is 2.08. The molecule has 0 saturated carbocycles. The molecule has 0 saturated heterocycles. The average Bonchev–Trinajstić information content (AvgIpc) is 2.82. The van der Waals surface area contributed by atoms with E-state index in [0.29, 0.717) is 0 Å². The van der Waals surface area contributed by atoms with Crippen LogP contribution in [0.5, 0.6) is 0 Å². The van der Waals surface area contributed by atoms with Gasteiger partial charge in [-0.2, -0.15) is 0 Å². The number of aromatic nitrogens is 2. The van der Waals surface area contributed by atoms with E-state index in [1.807, 2.05) is 26.4 Å². The number of hydrogen-bond donors (Lipinski definition) is 1. The molecule has 0 spiro atoms. The molecule has 1 N–H and O–H groups in total. The van der Waals surface area contributed by atoms with Crippen molar-refractivity contribution in [1.82, 2.24) is 14.5 Å². The predicted octanol–water partition coefficient (Wildman–Crippen LogP) is 1.76. The van der Waals surface area contributed by atoms with E-state index in [1.54, 1.807) is 6.20 Å². The summed E-state index contributed by atoms with van der Waals surface area (Å²) in [4.78, 5) is 6.23. The Morgan fingerprint density at radius 3 is 2.59 bits per heavy atom. The van der Waals surface area contributed by atoms with Gasteiger partial charge < -0.3 is 14.6 Å². The molecule has 0 atom stereocenters. The van der Waals surface area contributed by atoms with Crippen molar-refractivity contribution in [2.24, 2.45) is 0 Å². The maximum absolute atomic E-state index is 10.2.